The van der Waals surface area contributed by atoms with Crippen molar-refractivity contribution in [1.82, 2.24) is 0 Å². The lowest BCUT2D eigenvalue weighted by Crippen LogP contribution is -2.21. The zero-order chi connectivity index (χ0) is 28.5. The number of ether oxygens (including phenoxy) is 2. The van der Waals surface area contributed by atoms with Gasteiger partial charge in [-0.05, 0) is 84.5 Å². The number of carbonyl (C=O) groups excluding carboxylic acids is 1. The standard InChI is InChI=1S/C29H29F5N2O3/c30-28(31,32)15-3-1-2-4-20-5-10-23(11-6-20)29(33,34)39-26-12-7-21(8-13-26)9-14-27(37)38-19-22-16-24(35)18-25(36)17-22/h5-14,16-18H,1-4,15,19,35-36H2/b14-9+. The molecule has 0 radical (unpaired) electrons. The van der Waals surface area contributed by atoms with Crippen molar-refractivity contribution >= 4 is 23.4 Å². The van der Waals surface area contributed by atoms with Crippen LogP contribution < -0.4 is 16.2 Å². The highest BCUT2D eigenvalue weighted by Crippen LogP contribution is 2.32. The maximum Gasteiger partial charge on any atom is 0.426 e. The molecule has 0 spiro atoms. The molecule has 0 amide bonds. The van der Waals surface area contributed by atoms with Crippen molar-refractivity contribution in [1.29, 1.82) is 0 Å². The van der Waals surface area contributed by atoms with Gasteiger partial charge in [0.05, 0.1) is 5.56 Å². The molecule has 3 aromatic rings. The van der Waals surface area contributed by atoms with E-state index in [1.54, 1.807) is 18.2 Å². The third kappa shape index (κ3) is 10.3. The van der Waals surface area contributed by atoms with E-state index >= 15 is 0 Å². The number of aryl methyl sites for hydroxylation is 1. The number of halogens is 5. The van der Waals surface area contributed by atoms with E-state index in [9.17, 15) is 26.7 Å². The Morgan fingerprint density at radius 2 is 1.44 bits per heavy atom. The van der Waals surface area contributed by atoms with Crippen molar-refractivity contribution in [2.24, 2.45) is 0 Å². The van der Waals surface area contributed by atoms with E-state index < -0.39 is 24.7 Å². The van der Waals surface area contributed by atoms with Crippen LogP contribution in [0.15, 0.2) is 72.8 Å². The summed E-state index contributed by atoms with van der Waals surface area (Å²) in [5, 5.41) is 0. The second-order valence-corrected chi connectivity index (χ2v) is 9.01. The first-order valence-electron chi connectivity index (χ1n) is 12.2. The van der Waals surface area contributed by atoms with Crippen LogP contribution in [0.3, 0.4) is 0 Å². The Hall–Kier alpha value is -4.08. The zero-order valence-corrected chi connectivity index (χ0v) is 21.0. The summed E-state index contributed by atoms with van der Waals surface area (Å²) in [5.41, 5.74) is 13.9. The van der Waals surface area contributed by atoms with E-state index in [1.165, 1.54) is 60.7 Å². The van der Waals surface area contributed by atoms with Gasteiger partial charge in [0.25, 0.3) is 0 Å². The van der Waals surface area contributed by atoms with E-state index in [4.69, 9.17) is 20.9 Å². The molecule has 5 nitrogen and oxygen atoms in total. The van der Waals surface area contributed by atoms with Gasteiger partial charge in [-0.15, -0.1) is 0 Å². The number of nitrogen functional groups attached to an aromatic ring is 2. The van der Waals surface area contributed by atoms with Crippen molar-refractivity contribution < 1.29 is 36.2 Å². The first kappa shape index (κ1) is 29.5. The SMILES string of the molecule is Nc1cc(N)cc(COC(=O)/C=C/c2ccc(OC(F)(F)c3ccc(CCCCCC(F)(F)F)cc3)cc2)c1. The molecule has 0 saturated heterocycles. The maximum atomic E-state index is 14.6. The molecule has 0 unspecified atom stereocenters. The Morgan fingerprint density at radius 1 is 0.795 bits per heavy atom. The van der Waals surface area contributed by atoms with Crippen molar-refractivity contribution in [3.05, 3.63) is 95.1 Å². The Bertz CT molecular complexity index is 1240. The minimum Gasteiger partial charge on any atom is -0.458 e. The Balaban J connectivity index is 1.47. The average Bonchev–Trinajstić information content (AvgIpc) is 2.86. The number of esters is 1. The molecule has 0 aromatic heterocycles. The first-order valence-corrected chi connectivity index (χ1v) is 12.2. The summed E-state index contributed by atoms with van der Waals surface area (Å²) >= 11 is 0. The summed E-state index contributed by atoms with van der Waals surface area (Å²) in [7, 11) is 0. The lowest BCUT2D eigenvalue weighted by Gasteiger charge is -2.18. The molecule has 208 valence electrons. The maximum absolute atomic E-state index is 14.6. The molecule has 0 aliphatic rings. The number of hydrogen-bond donors (Lipinski definition) is 2. The number of rotatable bonds is 12. The summed E-state index contributed by atoms with van der Waals surface area (Å²) in [6.45, 7) is -0.0107. The van der Waals surface area contributed by atoms with Crippen LogP contribution in [0.25, 0.3) is 6.08 Å². The minimum atomic E-state index is -4.16. The fourth-order valence-corrected chi connectivity index (χ4v) is 3.75. The van der Waals surface area contributed by atoms with Crippen LogP contribution in [0.1, 0.15) is 47.9 Å². The molecule has 0 aliphatic heterocycles. The topological polar surface area (TPSA) is 87.6 Å². The highest BCUT2D eigenvalue weighted by Gasteiger charge is 2.34. The van der Waals surface area contributed by atoms with Gasteiger partial charge in [-0.1, -0.05) is 30.7 Å². The van der Waals surface area contributed by atoms with Crippen LogP contribution in [0.2, 0.25) is 0 Å². The predicted octanol–water partition coefficient (Wildman–Crippen LogP) is 7.40. The van der Waals surface area contributed by atoms with Crippen LogP contribution in [0, 0.1) is 0 Å². The molecule has 0 fully saturated rings. The van der Waals surface area contributed by atoms with Gasteiger partial charge in [-0.2, -0.15) is 22.0 Å². The predicted molar refractivity (Wildman–Crippen MR) is 140 cm³/mol. The van der Waals surface area contributed by atoms with Gasteiger partial charge in [0.2, 0.25) is 0 Å². The third-order valence-electron chi connectivity index (χ3n) is 5.67. The zero-order valence-electron chi connectivity index (χ0n) is 21.0. The average molecular weight is 549 g/mol. The van der Waals surface area contributed by atoms with E-state index in [0.717, 1.165) is 5.56 Å². The van der Waals surface area contributed by atoms with Gasteiger partial charge in [0.15, 0.2) is 0 Å². The number of hydrogen-bond acceptors (Lipinski definition) is 5. The fourth-order valence-electron chi connectivity index (χ4n) is 3.75. The van der Waals surface area contributed by atoms with Gasteiger partial charge >= 0.3 is 18.3 Å². The number of nitrogens with two attached hydrogens (primary N) is 2. The Labute approximate surface area is 223 Å². The molecule has 0 heterocycles. The molecule has 3 rings (SSSR count). The van der Waals surface area contributed by atoms with Gasteiger partial charge in [-0.25, -0.2) is 4.79 Å². The van der Waals surface area contributed by atoms with E-state index in [1.807, 2.05) is 0 Å². The number of unbranched alkanes of at least 4 members (excludes halogenated alkanes) is 2. The number of carbonyl (C=O) groups is 1. The third-order valence-corrected chi connectivity index (χ3v) is 5.67. The summed E-state index contributed by atoms with van der Waals surface area (Å²) in [6, 6.07) is 16.1. The summed E-state index contributed by atoms with van der Waals surface area (Å²) in [4.78, 5) is 12.0. The fraction of sp³-hybridized carbons (Fsp3) is 0.276. The molecule has 4 N–H and O–H groups in total. The van der Waals surface area contributed by atoms with E-state index in [2.05, 4.69) is 0 Å². The van der Waals surface area contributed by atoms with Gasteiger partial charge in [-0.3, -0.25) is 0 Å². The number of anilines is 2. The van der Waals surface area contributed by atoms with Crippen molar-refractivity contribution in [2.45, 2.75) is 51.0 Å². The monoisotopic (exact) mass is 548 g/mol. The molecule has 0 bridgehead atoms. The molecular formula is C29H29F5N2O3. The highest BCUT2D eigenvalue weighted by atomic mass is 19.4. The molecule has 0 aliphatic carbocycles. The second-order valence-electron chi connectivity index (χ2n) is 9.01. The van der Waals surface area contributed by atoms with Crippen LogP contribution in [-0.4, -0.2) is 12.1 Å². The Kier molecular flexibility index (Phi) is 9.92. The van der Waals surface area contributed by atoms with Crippen molar-refractivity contribution in [3.63, 3.8) is 0 Å². The van der Waals surface area contributed by atoms with Gasteiger partial charge < -0.3 is 20.9 Å². The largest absolute Gasteiger partial charge is 0.458 e. The summed E-state index contributed by atoms with van der Waals surface area (Å²) in [5.74, 6) is -0.680. The minimum absolute atomic E-state index is 0.0107. The first-order chi connectivity index (χ1) is 18.4. The number of benzene rings is 3. The van der Waals surface area contributed by atoms with E-state index in [0.29, 0.717) is 41.8 Å². The van der Waals surface area contributed by atoms with Crippen LogP contribution in [0.5, 0.6) is 5.75 Å². The normalized spacial score (nSPS) is 12.0. The molecule has 10 heteroatoms. The van der Waals surface area contributed by atoms with E-state index in [-0.39, 0.29) is 24.3 Å². The van der Waals surface area contributed by atoms with Gasteiger partial charge in [0, 0.05) is 23.9 Å². The van der Waals surface area contributed by atoms with Crippen molar-refractivity contribution in [2.75, 3.05) is 11.5 Å². The lowest BCUT2D eigenvalue weighted by molar-refractivity contribution is -0.185. The van der Waals surface area contributed by atoms with Crippen LogP contribution >= 0.6 is 0 Å². The summed E-state index contributed by atoms with van der Waals surface area (Å²) < 4.78 is 75.9. The lowest BCUT2D eigenvalue weighted by atomic mass is 10.0. The highest BCUT2D eigenvalue weighted by molar-refractivity contribution is 5.87. The number of alkyl halides is 5. The van der Waals surface area contributed by atoms with Gasteiger partial charge in [0.1, 0.15) is 12.4 Å². The smallest absolute Gasteiger partial charge is 0.426 e. The summed E-state index contributed by atoms with van der Waals surface area (Å²) in [6.07, 6.45) is -4.40. The molecule has 0 saturated carbocycles. The quantitative estimate of drug-likeness (QED) is 0.0810. The molecular weight excluding hydrogens is 519 g/mol. The molecule has 39 heavy (non-hydrogen) atoms. The molecule has 0 atom stereocenters. The van der Waals surface area contributed by atoms with Crippen LogP contribution in [0.4, 0.5) is 33.3 Å². The van der Waals surface area contributed by atoms with Crippen molar-refractivity contribution in [3.8, 4) is 5.75 Å². The van der Waals surface area contributed by atoms with Crippen LogP contribution in [-0.2, 0) is 28.7 Å². The molecule has 3 aromatic carbocycles. The Morgan fingerprint density at radius 3 is 2.05 bits per heavy atom. The second kappa shape index (κ2) is 13.1.